The molecule has 2 heterocycles. The van der Waals surface area contributed by atoms with E-state index in [1.165, 1.54) is 12.4 Å². The summed E-state index contributed by atoms with van der Waals surface area (Å²) < 4.78 is 24.7. The fourth-order valence-electron chi connectivity index (χ4n) is 2.13. The maximum atomic E-state index is 13.7. The molecule has 1 amide bonds. The van der Waals surface area contributed by atoms with Crippen molar-refractivity contribution in [1.82, 2.24) is 9.97 Å². The van der Waals surface area contributed by atoms with Crippen LogP contribution < -0.4 is 14.8 Å². The normalized spacial score (nSPS) is 11.6. The number of carbonyl (C=O) groups excluding carboxylic acids is 1. The molecule has 1 atom stereocenters. The van der Waals surface area contributed by atoms with Gasteiger partial charge in [0, 0.05) is 12.4 Å². The Bertz CT molecular complexity index is 986. The van der Waals surface area contributed by atoms with Crippen LogP contribution in [0.25, 0.3) is 0 Å². The number of benzene rings is 1. The molecule has 9 heteroatoms. The van der Waals surface area contributed by atoms with Gasteiger partial charge in [0.1, 0.15) is 11.5 Å². The monoisotopic (exact) mass is 421 g/mol. The molecule has 28 heavy (non-hydrogen) atoms. The topological polar surface area (TPSA) is 73.3 Å². The van der Waals surface area contributed by atoms with Gasteiger partial charge in [-0.1, -0.05) is 23.2 Å². The maximum absolute atomic E-state index is 13.7. The first-order valence-corrected chi connectivity index (χ1v) is 8.85. The molecule has 3 aromatic rings. The van der Waals surface area contributed by atoms with Gasteiger partial charge >= 0.3 is 0 Å². The molecule has 0 bridgehead atoms. The van der Waals surface area contributed by atoms with Gasteiger partial charge in [-0.25, -0.2) is 14.4 Å². The Hall–Kier alpha value is -2.90. The molecule has 0 aliphatic heterocycles. The zero-order chi connectivity index (χ0) is 20.1. The number of halogens is 3. The lowest BCUT2D eigenvalue weighted by molar-refractivity contribution is -0.122. The largest absolute Gasteiger partial charge is 0.481 e. The molecule has 0 saturated carbocycles. The van der Waals surface area contributed by atoms with E-state index in [0.717, 1.165) is 6.07 Å². The van der Waals surface area contributed by atoms with Gasteiger partial charge in [-0.05, 0) is 49.4 Å². The van der Waals surface area contributed by atoms with Crippen LogP contribution in [0.4, 0.5) is 10.2 Å². The zero-order valence-electron chi connectivity index (χ0n) is 14.5. The Labute approximate surface area is 170 Å². The molecule has 0 fully saturated rings. The Morgan fingerprint density at radius 3 is 2.54 bits per heavy atom. The van der Waals surface area contributed by atoms with Crippen LogP contribution in [0.3, 0.4) is 0 Å². The van der Waals surface area contributed by atoms with Gasteiger partial charge in [-0.2, -0.15) is 0 Å². The highest BCUT2D eigenvalue weighted by Gasteiger charge is 2.17. The second kappa shape index (κ2) is 8.86. The van der Waals surface area contributed by atoms with Gasteiger partial charge in [0.15, 0.2) is 17.7 Å². The molecule has 0 aliphatic rings. The molecular formula is C19H14Cl2FN3O3. The summed E-state index contributed by atoms with van der Waals surface area (Å²) in [7, 11) is 0. The van der Waals surface area contributed by atoms with Crippen molar-refractivity contribution >= 4 is 34.9 Å². The van der Waals surface area contributed by atoms with E-state index >= 15 is 0 Å². The average molecular weight is 422 g/mol. The minimum absolute atomic E-state index is 0.174. The Morgan fingerprint density at radius 1 is 1.14 bits per heavy atom. The van der Waals surface area contributed by atoms with E-state index < -0.39 is 17.8 Å². The minimum atomic E-state index is -0.805. The number of aromatic nitrogens is 2. The third kappa shape index (κ3) is 5.09. The number of amides is 1. The fraction of sp³-hybridized carbons (Fsp3) is 0.105. The van der Waals surface area contributed by atoms with E-state index in [4.69, 9.17) is 32.7 Å². The lowest BCUT2D eigenvalue weighted by Gasteiger charge is -2.15. The van der Waals surface area contributed by atoms with Crippen molar-refractivity contribution in [2.24, 2.45) is 0 Å². The molecule has 0 unspecified atom stereocenters. The quantitative estimate of drug-likeness (QED) is 0.597. The number of nitrogens with zero attached hydrogens (tertiary/aromatic N) is 2. The van der Waals surface area contributed by atoms with Gasteiger partial charge in [-0.3, -0.25) is 4.79 Å². The minimum Gasteiger partial charge on any atom is -0.481 e. The standard InChI is InChI=1S/C19H14Cl2FN3O3/c1-11(18(26)25-17-15(21)3-2-8-23-17)27-13-4-6-14(7-5-13)28-19-16(22)9-12(20)10-24-19/h2-11H,1H3,(H,23,25,26)/t11-/m1/s1. The van der Waals surface area contributed by atoms with Crippen LogP contribution in [0.5, 0.6) is 17.4 Å². The summed E-state index contributed by atoms with van der Waals surface area (Å²) in [6, 6.07) is 10.7. The molecule has 0 saturated heterocycles. The van der Waals surface area contributed by atoms with Crippen LogP contribution in [-0.2, 0) is 4.79 Å². The van der Waals surface area contributed by atoms with Crippen LogP contribution in [0, 0.1) is 5.82 Å². The number of hydrogen-bond acceptors (Lipinski definition) is 5. The van der Waals surface area contributed by atoms with E-state index in [9.17, 15) is 9.18 Å². The Balaban J connectivity index is 1.60. The number of rotatable bonds is 6. The SMILES string of the molecule is C[C@@H](Oc1ccc(Oc2ncc(Cl)cc2F)cc1)C(=O)Nc1ncccc1Cl. The summed E-state index contributed by atoms with van der Waals surface area (Å²) in [4.78, 5) is 20.0. The van der Waals surface area contributed by atoms with Crippen LogP contribution in [0.1, 0.15) is 6.92 Å². The number of carbonyl (C=O) groups is 1. The van der Waals surface area contributed by atoms with Gasteiger partial charge in [-0.15, -0.1) is 0 Å². The smallest absolute Gasteiger partial charge is 0.266 e. The number of hydrogen-bond donors (Lipinski definition) is 1. The molecule has 6 nitrogen and oxygen atoms in total. The van der Waals surface area contributed by atoms with Crippen LogP contribution in [-0.4, -0.2) is 22.0 Å². The first kappa shape index (κ1) is 19.9. The van der Waals surface area contributed by atoms with E-state index in [1.807, 2.05) is 0 Å². The molecule has 0 aliphatic carbocycles. The summed E-state index contributed by atoms with van der Waals surface area (Å²) in [6.07, 6.45) is 2.00. The highest BCUT2D eigenvalue weighted by molar-refractivity contribution is 6.33. The molecule has 3 rings (SSSR count). The van der Waals surface area contributed by atoms with Crippen LogP contribution in [0.15, 0.2) is 54.9 Å². The van der Waals surface area contributed by atoms with Crippen molar-refractivity contribution < 1.29 is 18.7 Å². The summed E-state index contributed by atoms with van der Waals surface area (Å²) in [5, 5.41) is 3.09. The van der Waals surface area contributed by atoms with Crippen molar-refractivity contribution in [3.8, 4) is 17.4 Å². The second-order valence-electron chi connectivity index (χ2n) is 5.60. The highest BCUT2D eigenvalue weighted by atomic mass is 35.5. The van der Waals surface area contributed by atoms with Crippen LogP contribution in [0.2, 0.25) is 10.0 Å². The van der Waals surface area contributed by atoms with Crippen molar-refractivity contribution in [3.63, 3.8) is 0 Å². The maximum Gasteiger partial charge on any atom is 0.266 e. The van der Waals surface area contributed by atoms with Gasteiger partial charge in [0.2, 0.25) is 0 Å². The summed E-state index contributed by atoms with van der Waals surface area (Å²) in [5.74, 6) is -0.256. The van der Waals surface area contributed by atoms with Gasteiger partial charge in [0.25, 0.3) is 11.8 Å². The van der Waals surface area contributed by atoms with Crippen molar-refractivity contribution in [2.45, 2.75) is 13.0 Å². The summed E-state index contributed by atoms with van der Waals surface area (Å²) in [6.45, 7) is 1.59. The first-order chi connectivity index (χ1) is 13.4. The van der Waals surface area contributed by atoms with E-state index in [2.05, 4.69) is 15.3 Å². The molecular weight excluding hydrogens is 408 g/mol. The first-order valence-electron chi connectivity index (χ1n) is 8.09. The van der Waals surface area contributed by atoms with Crippen LogP contribution >= 0.6 is 23.2 Å². The zero-order valence-corrected chi connectivity index (χ0v) is 16.0. The van der Waals surface area contributed by atoms with Crippen molar-refractivity contribution in [3.05, 3.63) is 70.7 Å². The number of nitrogens with one attached hydrogen (secondary N) is 1. The third-order valence-electron chi connectivity index (χ3n) is 3.49. The molecule has 0 radical (unpaired) electrons. The predicted octanol–water partition coefficient (Wildman–Crippen LogP) is 5.12. The molecule has 0 spiro atoms. The molecule has 1 aromatic carbocycles. The predicted molar refractivity (Wildman–Crippen MR) is 104 cm³/mol. The molecule has 144 valence electrons. The summed E-state index contributed by atoms with van der Waals surface area (Å²) in [5.41, 5.74) is 0. The van der Waals surface area contributed by atoms with E-state index in [1.54, 1.807) is 43.3 Å². The fourth-order valence-corrected chi connectivity index (χ4v) is 2.44. The lowest BCUT2D eigenvalue weighted by Crippen LogP contribution is -2.30. The third-order valence-corrected chi connectivity index (χ3v) is 4.01. The second-order valence-corrected chi connectivity index (χ2v) is 6.44. The number of pyridine rings is 2. The van der Waals surface area contributed by atoms with Crippen molar-refractivity contribution in [2.75, 3.05) is 5.32 Å². The molecule has 2 aromatic heterocycles. The van der Waals surface area contributed by atoms with Gasteiger partial charge < -0.3 is 14.8 Å². The van der Waals surface area contributed by atoms with E-state index in [-0.39, 0.29) is 16.7 Å². The van der Waals surface area contributed by atoms with E-state index in [0.29, 0.717) is 16.5 Å². The Morgan fingerprint density at radius 2 is 1.86 bits per heavy atom. The molecule has 1 N–H and O–H groups in total. The Kier molecular flexibility index (Phi) is 6.28. The number of anilines is 1. The lowest BCUT2D eigenvalue weighted by atomic mass is 10.3. The van der Waals surface area contributed by atoms with Crippen molar-refractivity contribution in [1.29, 1.82) is 0 Å². The average Bonchev–Trinajstić information content (AvgIpc) is 2.67. The number of ether oxygens (including phenoxy) is 2. The van der Waals surface area contributed by atoms with Gasteiger partial charge in [0.05, 0.1) is 10.0 Å². The summed E-state index contributed by atoms with van der Waals surface area (Å²) >= 11 is 11.6. The highest BCUT2D eigenvalue weighted by Crippen LogP contribution is 2.26.